The number of carbonyl (C=O) groups is 1. The first-order valence-electron chi connectivity index (χ1n) is 7.49. The molecule has 8 nitrogen and oxygen atoms in total. The molecule has 1 fully saturated rings. The predicted octanol–water partition coefficient (Wildman–Crippen LogP) is 2.83. The zero-order valence-corrected chi connectivity index (χ0v) is 16.8. The smallest absolute Gasteiger partial charge is 0.283 e. The molecular formula is C14H14ClN3O5S3. The van der Waals surface area contributed by atoms with Gasteiger partial charge in [-0.25, -0.2) is 8.42 Å². The lowest BCUT2D eigenvalue weighted by molar-refractivity contribution is -0.385. The molecule has 0 bridgehead atoms. The summed E-state index contributed by atoms with van der Waals surface area (Å²) in [5.74, 6) is -0.317. The van der Waals surface area contributed by atoms with Gasteiger partial charge in [0.25, 0.3) is 21.6 Å². The molecule has 0 aromatic carbocycles. The van der Waals surface area contributed by atoms with E-state index < -0.39 is 14.9 Å². The second kappa shape index (κ2) is 7.24. The number of piperazine rings is 1. The van der Waals surface area contributed by atoms with Crippen LogP contribution in [0, 0.1) is 17.0 Å². The molecule has 2 aromatic rings. The average molecular weight is 436 g/mol. The van der Waals surface area contributed by atoms with Gasteiger partial charge in [0.15, 0.2) is 0 Å². The van der Waals surface area contributed by atoms with Crippen LogP contribution in [0.3, 0.4) is 0 Å². The third-order valence-corrected chi connectivity index (χ3v) is 8.59. The molecule has 2 aromatic heterocycles. The normalized spacial score (nSPS) is 16.0. The minimum Gasteiger partial charge on any atom is -0.335 e. The van der Waals surface area contributed by atoms with E-state index in [1.807, 2.05) is 0 Å². The number of nitrogens with zero attached hydrogens (tertiary/aromatic N) is 3. The summed E-state index contributed by atoms with van der Waals surface area (Å²) in [4.78, 5) is 25.2. The zero-order chi connectivity index (χ0) is 19.1. The fourth-order valence-corrected chi connectivity index (χ4v) is 6.62. The molecule has 140 valence electrons. The van der Waals surface area contributed by atoms with Crippen LogP contribution in [0.5, 0.6) is 0 Å². The van der Waals surface area contributed by atoms with Crippen LogP contribution in [-0.4, -0.2) is 54.6 Å². The highest BCUT2D eigenvalue weighted by molar-refractivity contribution is 7.91. The van der Waals surface area contributed by atoms with Gasteiger partial charge in [0.1, 0.15) is 4.21 Å². The maximum atomic E-state index is 12.6. The first-order chi connectivity index (χ1) is 12.2. The van der Waals surface area contributed by atoms with E-state index in [0.717, 1.165) is 22.7 Å². The number of thiophene rings is 2. The maximum absolute atomic E-state index is 12.6. The van der Waals surface area contributed by atoms with Crippen LogP contribution in [0.2, 0.25) is 4.34 Å². The Morgan fingerprint density at radius 2 is 1.88 bits per heavy atom. The van der Waals surface area contributed by atoms with Gasteiger partial charge in [0, 0.05) is 32.2 Å². The first-order valence-corrected chi connectivity index (χ1v) is 10.9. The third-order valence-electron chi connectivity index (χ3n) is 3.97. The summed E-state index contributed by atoms with van der Waals surface area (Å²) in [6.45, 7) is 2.37. The van der Waals surface area contributed by atoms with E-state index in [0.29, 0.717) is 9.21 Å². The summed E-state index contributed by atoms with van der Waals surface area (Å²) in [7, 11) is -3.63. The SMILES string of the molecule is Cc1sc(C(=O)N2CCN(S(=O)(=O)c3ccc(Cl)s3)CC2)cc1[N+](=O)[O-]. The zero-order valence-electron chi connectivity index (χ0n) is 13.5. The summed E-state index contributed by atoms with van der Waals surface area (Å²) >= 11 is 7.88. The summed E-state index contributed by atoms with van der Waals surface area (Å²) < 4.78 is 27.0. The van der Waals surface area contributed by atoms with Crippen molar-refractivity contribution in [1.82, 2.24) is 9.21 Å². The number of aryl methyl sites for hydroxylation is 1. The number of halogens is 1. The van der Waals surface area contributed by atoms with Crippen LogP contribution in [0.25, 0.3) is 0 Å². The lowest BCUT2D eigenvalue weighted by atomic mass is 10.3. The Balaban J connectivity index is 1.69. The second-order valence-corrected chi connectivity index (χ2v) is 10.7. The quantitative estimate of drug-likeness (QED) is 0.542. The van der Waals surface area contributed by atoms with Crippen molar-refractivity contribution < 1.29 is 18.1 Å². The minimum atomic E-state index is -3.63. The standard InChI is InChI=1S/C14H14ClN3O5S3/c1-9-10(18(20)21)8-11(24-9)14(19)16-4-6-17(7-5-16)26(22,23)13-3-2-12(15)25-13/h2-3,8H,4-7H2,1H3. The summed E-state index contributed by atoms with van der Waals surface area (Å²) in [5.41, 5.74) is -0.0749. The van der Waals surface area contributed by atoms with E-state index >= 15 is 0 Å². The molecule has 1 amide bonds. The molecule has 1 aliphatic heterocycles. The molecule has 0 radical (unpaired) electrons. The second-order valence-electron chi connectivity index (χ2n) is 5.56. The van der Waals surface area contributed by atoms with Crippen LogP contribution in [0.1, 0.15) is 14.5 Å². The molecule has 0 aliphatic carbocycles. The van der Waals surface area contributed by atoms with Crippen LogP contribution in [0.15, 0.2) is 22.4 Å². The number of hydrogen-bond acceptors (Lipinski definition) is 7. The molecule has 12 heteroatoms. The molecule has 3 rings (SSSR count). The van der Waals surface area contributed by atoms with Gasteiger partial charge in [0.2, 0.25) is 0 Å². The summed E-state index contributed by atoms with van der Waals surface area (Å²) in [6, 6.07) is 4.28. The van der Waals surface area contributed by atoms with Gasteiger partial charge in [-0.3, -0.25) is 14.9 Å². The van der Waals surface area contributed by atoms with Crippen molar-refractivity contribution in [3.63, 3.8) is 0 Å². The molecule has 0 unspecified atom stereocenters. The number of rotatable bonds is 4. The maximum Gasteiger partial charge on any atom is 0.283 e. The van der Waals surface area contributed by atoms with Crippen LogP contribution >= 0.6 is 34.3 Å². The molecule has 0 spiro atoms. The fraction of sp³-hybridized carbons (Fsp3) is 0.357. The lowest BCUT2D eigenvalue weighted by Crippen LogP contribution is -2.50. The van der Waals surface area contributed by atoms with Crippen molar-refractivity contribution >= 4 is 55.9 Å². The molecule has 3 heterocycles. The van der Waals surface area contributed by atoms with E-state index in [1.165, 1.54) is 27.4 Å². The highest BCUT2D eigenvalue weighted by Crippen LogP contribution is 2.31. The number of carbonyl (C=O) groups excluding carboxylic acids is 1. The largest absolute Gasteiger partial charge is 0.335 e. The Hall–Kier alpha value is -1.53. The Labute approximate surface area is 162 Å². The van der Waals surface area contributed by atoms with E-state index in [9.17, 15) is 23.3 Å². The fourth-order valence-electron chi connectivity index (χ4n) is 2.61. The van der Waals surface area contributed by atoms with Gasteiger partial charge in [0.05, 0.1) is 19.0 Å². The van der Waals surface area contributed by atoms with Crippen molar-refractivity contribution in [2.45, 2.75) is 11.1 Å². The number of sulfonamides is 1. The Morgan fingerprint density at radius 1 is 1.23 bits per heavy atom. The molecule has 0 saturated carbocycles. The van der Waals surface area contributed by atoms with E-state index in [1.54, 1.807) is 6.92 Å². The van der Waals surface area contributed by atoms with Gasteiger partial charge in [-0.1, -0.05) is 11.6 Å². The molecule has 26 heavy (non-hydrogen) atoms. The van der Waals surface area contributed by atoms with E-state index in [-0.39, 0.29) is 46.9 Å². The van der Waals surface area contributed by atoms with Crippen molar-refractivity contribution in [2.75, 3.05) is 26.2 Å². The van der Waals surface area contributed by atoms with Crippen LogP contribution in [-0.2, 0) is 10.0 Å². The molecule has 1 saturated heterocycles. The van der Waals surface area contributed by atoms with Crippen molar-refractivity contribution in [2.24, 2.45) is 0 Å². The highest BCUT2D eigenvalue weighted by atomic mass is 35.5. The van der Waals surface area contributed by atoms with Crippen molar-refractivity contribution in [1.29, 1.82) is 0 Å². The van der Waals surface area contributed by atoms with Crippen LogP contribution in [0.4, 0.5) is 5.69 Å². The summed E-state index contributed by atoms with van der Waals surface area (Å²) in [6.07, 6.45) is 0. The van der Waals surface area contributed by atoms with Gasteiger partial charge < -0.3 is 4.90 Å². The van der Waals surface area contributed by atoms with Gasteiger partial charge in [-0.2, -0.15) is 4.31 Å². The monoisotopic (exact) mass is 435 g/mol. The van der Waals surface area contributed by atoms with E-state index in [2.05, 4.69) is 0 Å². The number of hydrogen-bond donors (Lipinski definition) is 0. The predicted molar refractivity (Wildman–Crippen MR) is 99.7 cm³/mol. The van der Waals surface area contributed by atoms with Crippen LogP contribution < -0.4 is 0 Å². The van der Waals surface area contributed by atoms with Gasteiger partial charge >= 0.3 is 0 Å². The molecule has 0 atom stereocenters. The highest BCUT2D eigenvalue weighted by Gasteiger charge is 2.32. The number of nitro groups is 1. The van der Waals surface area contributed by atoms with Crippen molar-refractivity contribution in [3.05, 3.63) is 42.4 Å². The number of amides is 1. The minimum absolute atomic E-state index is 0.0749. The topological polar surface area (TPSA) is 101 Å². The van der Waals surface area contributed by atoms with E-state index in [4.69, 9.17) is 11.6 Å². The van der Waals surface area contributed by atoms with Crippen molar-refractivity contribution in [3.8, 4) is 0 Å². The van der Waals surface area contributed by atoms with Gasteiger partial charge in [-0.15, -0.1) is 22.7 Å². The van der Waals surface area contributed by atoms with Gasteiger partial charge in [-0.05, 0) is 19.1 Å². The molecule has 0 N–H and O–H groups in total. The molecule has 1 aliphatic rings. The summed E-state index contributed by atoms with van der Waals surface area (Å²) in [5, 5.41) is 10.9. The Kier molecular flexibility index (Phi) is 5.35. The Bertz CT molecular complexity index is 960. The first kappa shape index (κ1) is 19.2. The lowest BCUT2D eigenvalue weighted by Gasteiger charge is -2.33. The average Bonchev–Trinajstić information content (AvgIpc) is 3.20. The Morgan fingerprint density at radius 3 is 2.38 bits per heavy atom. The molecular weight excluding hydrogens is 422 g/mol. The third kappa shape index (κ3) is 3.62.